The number of benzene rings is 1. The predicted octanol–water partition coefficient (Wildman–Crippen LogP) is -0.0206. The lowest BCUT2D eigenvalue weighted by molar-refractivity contribution is -1.91. The number of allylic oxidation sites excluding steroid dienone is 1. The molecule has 1 atom stereocenters. The maximum atomic E-state index is 10.5. The van der Waals surface area contributed by atoms with E-state index < -0.39 is 20.0 Å². The highest BCUT2D eigenvalue weighted by Gasteiger charge is 2.29. The first-order valence-electron chi connectivity index (χ1n) is 4.60. The van der Waals surface area contributed by atoms with Gasteiger partial charge in [-0.1, -0.05) is 30.3 Å². The lowest BCUT2D eigenvalue weighted by Gasteiger charge is -2.12. The molecule has 1 unspecified atom stereocenters. The van der Waals surface area contributed by atoms with Crippen LogP contribution in [0.4, 0.5) is 0 Å². The van der Waals surface area contributed by atoms with E-state index in [0.29, 0.717) is 0 Å². The van der Waals surface area contributed by atoms with Crippen LogP contribution in [0, 0.1) is 10.2 Å². The highest BCUT2D eigenvalue weighted by molar-refractivity contribution is 8.85. The van der Waals surface area contributed by atoms with Crippen molar-refractivity contribution in [2.75, 3.05) is 0 Å². The summed E-state index contributed by atoms with van der Waals surface area (Å²) in [5.74, 6) is 0. The van der Waals surface area contributed by atoms with Gasteiger partial charge in [0.25, 0.3) is 0 Å². The number of halogens is 1. The van der Waals surface area contributed by atoms with E-state index in [2.05, 4.69) is 3.74 Å². The van der Waals surface area contributed by atoms with Crippen molar-refractivity contribution < 1.29 is 28.0 Å². The van der Waals surface area contributed by atoms with Gasteiger partial charge < -0.3 is 0 Å². The molecule has 17 heavy (non-hydrogen) atoms. The summed E-state index contributed by atoms with van der Waals surface area (Å²) in [7, 11) is -4.19. The van der Waals surface area contributed by atoms with Gasteiger partial charge in [0.2, 0.25) is 0 Å². The minimum Gasteiger partial charge on any atom is -0.182 e. The predicted molar refractivity (Wildman–Crippen MR) is 61.4 cm³/mol. The standard InChI is InChI=1S/C10H9ClO4S2/c1-8-7-10(9-5-3-2-4-6-9)16-17(8)15-11(12,13)14/h2-7H,1H3. The van der Waals surface area contributed by atoms with Gasteiger partial charge >= 0.3 is 0 Å². The second-order valence-corrected chi connectivity index (χ2v) is 7.63. The highest BCUT2D eigenvalue weighted by atomic mass is 35.7. The Morgan fingerprint density at radius 1 is 1.18 bits per heavy atom. The Kier molecular flexibility index (Phi) is 3.94. The summed E-state index contributed by atoms with van der Waals surface area (Å²) in [6, 6.07) is 9.53. The zero-order valence-electron chi connectivity index (χ0n) is 8.79. The van der Waals surface area contributed by atoms with E-state index in [1.54, 1.807) is 6.92 Å². The molecule has 4 nitrogen and oxygen atoms in total. The van der Waals surface area contributed by atoms with E-state index in [4.69, 9.17) is 0 Å². The first kappa shape index (κ1) is 13.1. The van der Waals surface area contributed by atoms with Gasteiger partial charge in [-0.15, -0.1) is 0 Å². The van der Waals surface area contributed by atoms with Crippen LogP contribution in [-0.2, 0) is 3.74 Å². The summed E-state index contributed by atoms with van der Waals surface area (Å²) < 4.78 is 36.0. The maximum absolute atomic E-state index is 10.5. The maximum Gasteiger partial charge on any atom is 0.175 e. The molecule has 2 rings (SSSR count). The molecule has 0 fully saturated rings. The van der Waals surface area contributed by atoms with Crippen LogP contribution in [0.5, 0.6) is 0 Å². The quantitative estimate of drug-likeness (QED) is 0.578. The van der Waals surface area contributed by atoms with Crippen molar-refractivity contribution in [3.05, 3.63) is 42.0 Å². The van der Waals surface area contributed by atoms with Crippen molar-refractivity contribution in [3.63, 3.8) is 0 Å². The van der Waals surface area contributed by atoms with Crippen LogP contribution in [0.2, 0.25) is 0 Å². The minimum absolute atomic E-state index is 0.737. The number of hydrogen-bond donors (Lipinski definition) is 0. The van der Waals surface area contributed by atoms with Gasteiger partial charge in [0.15, 0.2) is 9.80 Å². The van der Waals surface area contributed by atoms with Crippen molar-refractivity contribution >= 4 is 30.4 Å². The Morgan fingerprint density at radius 3 is 2.41 bits per heavy atom. The highest BCUT2D eigenvalue weighted by Crippen LogP contribution is 2.50. The first-order chi connectivity index (χ1) is 7.96. The average molecular weight is 293 g/mol. The van der Waals surface area contributed by atoms with Crippen molar-refractivity contribution in [3.8, 4) is 0 Å². The summed E-state index contributed by atoms with van der Waals surface area (Å²) in [4.78, 5) is 1.64. The Morgan fingerprint density at radius 2 is 1.82 bits per heavy atom. The molecule has 0 aromatic heterocycles. The molecule has 1 aliphatic heterocycles. The van der Waals surface area contributed by atoms with E-state index in [0.717, 1.165) is 15.3 Å². The van der Waals surface area contributed by atoms with Gasteiger partial charge in [0.1, 0.15) is 3.74 Å². The van der Waals surface area contributed by atoms with Crippen molar-refractivity contribution in [1.29, 1.82) is 0 Å². The van der Waals surface area contributed by atoms with Gasteiger partial charge in [0, 0.05) is 9.77 Å². The Balaban J connectivity index is 2.13. The van der Waals surface area contributed by atoms with Crippen LogP contribution < -0.4 is 14.0 Å². The van der Waals surface area contributed by atoms with Crippen molar-refractivity contribution in [2.45, 2.75) is 6.92 Å². The lowest BCUT2D eigenvalue weighted by atomic mass is 10.2. The molecular weight excluding hydrogens is 284 g/mol. The molecule has 7 heteroatoms. The monoisotopic (exact) mass is 292 g/mol. The summed E-state index contributed by atoms with van der Waals surface area (Å²) in [5, 5.41) is 0. The fraction of sp³-hybridized carbons (Fsp3) is 0.100. The third-order valence-corrected chi connectivity index (χ3v) is 6.60. The molecule has 0 spiro atoms. The second kappa shape index (κ2) is 5.11. The van der Waals surface area contributed by atoms with Gasteiger partial charge in [-0.25, -0.2) is 0 Å². The van der Waals surface area contributed by atoms with Crippen LogP contribution in [0.15, 0.2) is 36.4 Å². The molecular formula is C10H9ClO4S2. The average Bonchev–Trinajstić information content (AvgIpc) is 2.59. The molecule has 0 N–H and O–H groups in total. The number of hydrogen-bond acceptors (Lipinski definition) is 5. The van der Waals surface area contributed by atoms with E-state index in [9.17, 15) is 14.0 Å². The van der Waals surface area contributed by atoms with Gasteiger partial charge in [-0.3, -0.25) is 0 Å². The smallest absolute Gasteiger partial charge is 0.175 e. The summed E-state index contributed by atoms with van der Waals surface area (Å²) in [5.41, 5.74) is 0.982. The Labute approximate surface area is 107 Å². The largest absolute Gasteiger partial charge is 0.182 e. The molecule has 0 aliphatic carbocycles. The number of rotatable bonds is 3. The van der Waals surface area contributed by atoms with Crippen LogP contribution in [0.25, 0.3) is 4.91 Å². The molecule has 0 saturated heterocycles. The SMILES string of the molecule is CC1=S(O[Cl+3]([O-])([O-])[O-])SC(c2ccccc2)=C1. The molecule has 1 aromatic rings. The zero-order valence-corrected chi connectivity index (χ0v) is 11.2. The van der Waals surface area contributed by atoms with E-state index >= 15 is 0 Å². The minimum atomic E-state index is -4.38. The fourth-order valence-electron chi connectivity index (χ4n) is 1.27. The molecule has 0 bridgehead atoms. The van der Waals surface area contributed by atoms with Gasteiger partial charge in [-0.2, -0.15) is 14.0 Å². The molecule has 1 aliphatic rings. The summed E-state index contributed by atoms with van der Waals surface area (Å²) in [6.45, 7) is 1.74. The Hall–Kier alpha value is -0.340. The third-order valence-electron chi connectivity index (χ3n) is 1.96. The normalized spacial score (nSPS) is 20.6. The van der Waals surface area contributed by atoms with Crippen molar-refractivity contribution in [2.24, 2.45) is 0 Å². The molecule has 1 heterocycles. The van der Waals surface area contributed by atoms with Crippen LogP contribution in [-0.4, -0.2) is 4.86 Å². The van der Waals surface area contributed by atoms with Gasteiger partial charge in [0.05, 0.1) is 10.2 Å². The first-order valence-corrected chi connectivity index (χ1v) is 8.31. The van der Waals surface area contributed by atoms with Crippen LogP contribution >= 0.6 is 20.6 Å². The third kappa shape index (κ3) is 3.56. The van der Waals surface area contributed by atoms with E-state index in [1.165, 1.54) is 10.8 Å². The van der Waals surface area contributed by atoms with Crippen LogP contribution in [0.3, 0.4) is 0 Å². The molecule has 0 saturated carbocycles. The molecule has 92 valence electrons. The molecule has 0 radical (unpaired) electrons. The summed E-state index contributed by atoms with van der Waals surface area (Å²) >= 11 is 0. The van der Waals surface area contributed by atoms with Crippen molar-refractivity contribution in [1.82, 2.24) is 0 Å². The van der Waals surface area contributed by atoms with Crippen LogP contribution in [0.1, 0.15) is 12.5 Å². The van der Waals surface area contributed by atoms with E-state index in [1.807, 2.05) is 36.4 Å². The lowest BCUT2D eigenvalue weighted by Crippen LogP contribution is -2.60. The molecule has 1 aromatic carbocycles. The van der Waals surface area contributed by atoms with E-state index in [-0.39, 0.29) is 0 Å². The van der Waals surface area contributed by atoms with Gasteiger partial charge in [-0.05, 0) is 29.4 Å². The topological polar surface area (TPSA) is 78.4 Å². The second-order valence-electron chi connectivity index (χ2n) is 3.24. The zero-order chi connectivity index (χ0) is 12.5. The summed E-state index contributed by atoms with van der Waals surface area (Å²) in [6.07, 6.45) is 1.84. The fourth-order valence-corrected chi connectivity index (χ4v) is 5.63. The molecule has 0 amide bonds. The Bertz CT molecular complexity index is 479.